The molecule has 1 N–H and O–H groups in total. The number of aromatic nitrogens is 1. The number of aryl methyl sites for hydroxylation is 2. The molecule has 98 valence electrons. The normalized spacial score (nSPS) is 10.2. The van der Waals surface area contributed by atoms with E-state index in [1.54, 1.807) is 6.20 Å². The first-order valence-electron chi connectivity index (χ1n) is 6.10. The minimum Gasteiger partial charge on any atom is -0.311 e. The van der Waals surface area contributed by atoms with Gasteiger partial charge in [0, 0.05) is 16.2 Å². The standard InChI is InChI=1S/C15H15IN2O/c1-11-2-4-12(5-3-11)6-9-15(19)18-14-8-7-13(16)10-17-14/h2-5,7-8,10H,6,9H2,1H3,(H,17,18,19). The lowest BCUT2D eigenvalue weighted by Gasteiger charge is -2.05. The molecule has 1 aromatic carbocycles. The summed E-state index contributed by atoms with van der Waals surface area (Å²) in [5, 5.41) is 2.80. The van der Waals surface area contributed by atoms with Crippen LogP contribution >= 0.6 is 22.6 Å². The molecule has 0 aliphatic carbocycles. The molecule has 3 nitrogen and oxygen atoms in total. The van der Waals surface area contributed by atoms with Crippen LogP contribution in [0.5, 0.6) is 0 Å². The van der Waals surface area contributed by atoms with Gasteiger partial charge in [-0.25, -0.2) is 4.98 Å². The van der Waals surface area contributed by atoms with Crippen LogP contribution in [-0.4, -0.2) is 10.9 Å². The Labute approximate surface area is 126 Å². The summed E-state index contributed by atoms with van der Waals surface area (Å²) < 4.78 is 1.05. The topological polar surface area (TPSA) is 42.0 Å². The molecule has 19 heavy (non-hydrogen) atoms. The van der Waals surface area contributed by atoms with Gasteiger partial charge in [-0.05, 0) is 53.6 Å². The molecule has 2 aromatic rings. The molecule has 0 aliphatic rings. The Morgan fingerprint density at radius 3 is 2.58 bits per heavy atom. The summed E-state index contributed by atoms with van der Waals surface area (Å²) in [7, 11) is 0. The summed E-state index contributed by atoms with van der Waals surface area (Å²) >= 11 is 2.18. The predicted octanol–water partition coefficient (Wildman–Crippen LogP) is 3.57. The third-order valence-electron chi connectivity index (χ3n) is 2.76. The number of rotatable bonds is 4. The number of amides is 1. The molecule has 0 fully saturated rings. The Hall–Kier alpha value is -1.43. The second-order valence-corrected chi connectivity index (χ2v) is 5.64. The summed E-state index contributed by atoms with van der Waals surface area (Å²) in [6.07, 6.45) is 2.95. The van der Waals surface area contributed by atoms with Crippen molar-refractivity contribution in [3.63, 3.8) is 0 Å². The highest BCUT2D eigenvalue weighted by molar-refractivity contribution is 14.1. The van der Waals surface area contributed by atoms with Crippen molar-refractivity contribution in [2.75, 3.05) is 5.32 Å². The third-order valence-corrected chi connectivity index (χ3v) is 3.39. The van der Waals surface area contributed by atoms with E-state index in [4.69, 9.17) is 0 Å². The van der Waals surface area contributed by atoms with E-state index in [0.717, 1.165) is 9.99 Å². The van der Waals surface area contributed by atoms with Gasteiger partial charge in [-0.3, -0.25) is 4.79 Å². The summed E-state index contributed by atoms with van der Waals surface area (Å²) in [5.41, 5.74) is 2.41. The van der Waals surface area contributed by atoms with Gasteiger partial charge in [-0.15, -0.1) is 0 Å². The van der Waals surface area contributed by atoms with Crippen molar-refractivity contribution < 1.29 is 4.79 Å². The fourth-order valence-corrected chi connectivity index (χ4v) is 1.99. The van der Waals surface area contributed by atoms with Gasteiger partial charge in [0.2, 0.25) is 5.91 Å². The molecular weight excluding hydrogens is 351 g/mol. The molecule has 1 amide bonds. The minimum absolute atomic E-state index is 0.00529. The maximum atomic E-state index is 11.8. The van der Waals surface area contributed by atoms with Crippen LogP contribution in [0.25, 0.3) is 0 Å². The van der Waals surface area contributed by atoms with Crippen LogP contribution in [-0.2, 0) is 11.2 Å². The van der Waals surface area contributed by atoms with E-state index in [1.807, 2.05) is 12.1 Å². The average Bonchev–Trinajstić information content (AvgIpc) is 2.41. The van der Waals surface area contributed by atoms with Crippen molar-refractivity contribution in [1.82, 2.24) is 4.98 Å². The second-order valence-electron chi connectivity index (χ2n) is 4.40. The summed E-state index contributed by atoms with van der Waals surface area (Å²) in [5.74, 6) is 0.601. The summed E-state index contributed by atoms with van der Waals surface area (Å²) in [6, 6.07) is 12.0. The Morgan fingerprint density at radius 1 is 1.21 bits per heavy atom. The van der Waals surface area contributed by atoms with E-state index in [0.29, 0.717) is 12.2 Å². The highest BCUT2D eigenvalue weighted by Crippen LogP contribution is 2.09. The van der Waals surface area contributed by atoms with Gasteiger partial charge in [0.15, 0.2) is 0 Å². The molecular formula is C15H15IN2O. The van der Waals surface area contributed by atoms with Crippen LogP contribution in [0, 0.1) is 10.5 Å². The number of hydrogen-bond donors (Lipinski definition) is 1. The van der Waals surface area contributed by atoms with E-state index >= 15 is 0 Å². The highest BCUT2D eigenvalue weighted by atomic mass is 127. The lowest BCUT2D eigenvalue weighted by atomic mass is 10.1. The number of carbonyl (C=O) groups is 1. The number of halogens is 1. The van der Waals surface area contributed by atoms with Gasteiger partial charge in [0.05, 0.1) is 0 Å². The van der Waals surface area contributed by atoms with Crippen LogP contribution < -0.4 is 5.32 Å². The van der Waals surface area contributed by atoms with Crippen molar-refractivity contribution >= 4 is 34.3 Å². The lowest BCUT2D eigenvalue weighted by molar-refractivity contribution is -0.116. The fraction of sp³-hybridized carbons (Fsp3) is 0.200. The van der Waals surface area contributed by atoms with Gasteiger partial charge in [-0.1, -0.05) is 29.8 Å². The molecule has 0 atom stereocenters. The second kappa shape index (κ2) is 6.65. The fourth-order valence-electron chi connectivity index (χ4n) is 1.67. The number of nitrogens with one attached hydrogen (secondary N) is 1. The molecule has 0 saturated heterocycles. The molecule has 0 bridgehead atoms. The number of carbonyl (C=O) groups excluding carboxylic acids is 1. The van der Waals surface area contributed by atoms with Crippen molar-refractivity contribution in [1.29, 1.82) is 0 Å². The first-order chi connectivity index (χ1) is 9.13. The van der Waals surface area contributed by atoms with Crippen LogP contribution in [0.3, 0.4) is 0 Å². The van der Waals surface area contributed by atoms with Crippen molar-refractivity contribution in [2.24, 2.45) is 0 Å². The number of benzene rings is 1. The maximum Gasteiger partial charge on any atom is 0.225 e. The van der Waals surface area contributed by atoms with E-state index in [9.17, 15) is 4.79 Å². The van der Waals surface area contributed by atoms with Gasteiger partial charge < -0.3 is 5.32 Å². The Kier molecular flexibility index (Phi) is 4.90. The smallest absolute Gasteiger partial charge is 0.225 e. The SMILES string of the molecule is Cc1ccc(CCC(=O)Nc2ccc(I)cn2)cc1. The zero-order valence-electron chi connectivity index (χ0n) is 10.7. The number of anilines is 1. The highest BCUT2D eigenvalue weighted by Gasteiger charge is 2.04. The van der Waals surface area contributed by atoms with Gasteiger partial charge in [-0.2, -0.15) is 0 Å². The van der Waals surface area contributed by atoms with E-state index in [1.165, 1.54) is 11.1 Å². The van der Waals surface area contributed by atoms with Gasteiger partial charge >= 0.3 is 0 Å². The van der Waals surface area contributed by atoms with Crippen LogP contribution in [0.2, 0.25) is 0 Å². The maximum absolute atomic E-state index is 11.8. The minimum atomic E-state index is -0.00529. The molecule has 0 unspecified atom stereocenters. The number of nitrogens with zero attached hydrogens (tertiary/aromatic N) is 1. The lowest BCUT2D eigenvalue weighted by Crippen LogP contribution is -2.13. The molecule has 1 heterocycles. The van der Waals surface area contributed by atoms with E-state index in [2.05, 4.69) is 64.1 Å². The first-order valence-corrected chi connectivity index (χ1v) is 7.18. The number of hydrogen-bond acceptors (Lipinski definition) is 2. The largest absolute Gasteiger partial charge is 0.311 e. The van der Waals surface area contributed by atoms with Crippen molar-refractivity contribution in [3.05, 3.63) is 57.3 Å². The molecule has 0 radical (unpaired) electrons. The van der Waals surface area contributed by atoms with E-state index in [-0.39, 0.29) is 5.91 Å². The molecule has 4 heteroatoms. The zero-order valence-corrected chi connectivity index (χ0v) is 12.8. The van der Waals surface area contributed by atoms with E-state index < -0.39 is 0 Å². The summed E-state index contributed by atoms with van der Waals surface area (Å²) in [4.78, 5) is 15.9. The van der Waals surface area contributed by atoms with Gasteiger partial charge in [0.25, 0.3) is 0 Å². The average molecular weight is 366 g/mol. The summed E-state index contributed by atoms with van der Waals surface area (Å²) in [6.45, 7) is 2.05. The van der Waals surface area contributed by atoms with Crippen molar-refractivity contribution in [3.8, 4) is 0 Å². The first kappa shape index (κ1) is 14.0. The van der Waals surface area contributed by atoms with Crippen LogP contribution in [0.1, 0.15) is 17.5 Å². The Balaban J connectivity index is 1.84. The van der Waals surface area contributed by atoms with Crippen LogP contribution in [0.4, 0.5) is 5.82 Å². The Bertz CT molecular complexity index is 549. The molecule has 0 aliphatic heterocycles. The van der Waals surface area contributed by atoms with Crippen molar-refractivity contribution in [2.45, 2.75) is 19.8 Å². The Morgan fingerprint density at radius 2 is 1.95 bits per heavy atom. The predicted molar refractivity (Wildman–Crippen MR) is 85.1 cm³/mol. The molecule has 0 saturated carbocycles. The quantitative estimate of drug-likeness (QED) is 0.841. The number of pyridine rings is 1. The third kappa shape index (κ3) is 4.63. The van der Waals surface area contributed by atoms with Gasteiger partial charge in [0.1, 0.15) is 5.82 Å². The molecule has 2 rings (SSSR count). The zero-order chi connectivity index (χ0) is 13.7. The molecule has 0 spiro atoms. The monoisotopic (exact) mass is 366 g/mol. The molecule has 1 aromatic heterocycles. The van der Waals surface area contributed by atoms with Crippen LogP contribution in [0.15, 0.2) is 42.6 Å².